The van der Waals surface area contributed by atoms with Crippen LogP contribution in [0.1, 0.15) is 17.3 Å². The van der Waals surface area contributed by atoms with Crippen LogP contribution in [0.3, 0.4) is 0 Å². The van der Waals surface area contributed by atoms with Gasteiger partial charge in [0.1, 0.15) is 0 Å². The van der Waals surface area contributed by atoms with E-state index in [0.717, 1.165) is 5.69 Å². The van der Waals surface area contributed by atoms with Crippen LogP contribution in [-0.2, 0) is 0 Å². The van der Waals surface area contributed by atoms with Gasteiger partial charge >= 0.3 is 0 Å². The minimum atomic E-state index is 0.0239. The summed E-state index contributed by atoms with van der Waals surface area (Å²) in [6.07, 6.45) is 0. The number of benzene rings is 2. The van der Waals surface area contributed by atoms with Crippen LogP contribution in [0.15, 0.2) is 42.5 Å². The van der Waals surface area contributed by atoms with Crippen LogP contribution in [-0.4, -0.2) is 10.9 Å². The molecule has 21 heavy (non-hydrogen) atoms. The van der Waals surface area contributed by atoms with Crippen LogP contribution in [0.4, 0.5) is 11.4 Å². The lowest BCUT2D eigenvalue weighted by molar-refractivity contribution is 0.101. The molecular weight excluding hydrogens is 327 g/mol. The Bertz CT molecular complexity index is 666. The molecule has 0 spiro atoms. The number of ketones is 1. The topological polar surface area (TPSA) is 41.1 Å². The molecule has 3 nitrogen and oxygen atoms in total. The predicted octanol–water partition coefficient (Wildman–Crippen LogP) is 5.00. The van der Waals surface area contributed by atoms with Crippen LogP contribution in [0.2, 0.25) is 10.0 Å². The standard InChI is InChI=1S/C15H12Cl2N2OS/c1-9(20)10-2-4-13(5-3-10)18-15(21)19-14-7-11(16)6-12(17)8-14/h2-8H,1H3,(H2,18,19,21). The molecule has 0 aromatic heterocycles. The van der Waals surface area contributed by atoms with E-state index in [-0.39, 0.29) is 5.78 Å². The molecule has 0 atom stereocenters. The Morgan fingerprint density at radius 1 is 0.952 bits per heavy atom. The second kappa shape index (κ2) is 6.89. The van der Waals surface area contributed by atoms with Gasteiger partial charge in [0.15, 0.2) is 10.9 Å². The molecule has 0 aliphatic rings. The van der Waals surface area contributed by atoms with Gasteiger partial charge in [-0.05, 0) is 61.6 Å². The predicted molar refractivity (Wildman–Crippen MR) is 92.8 cm³/mol. The molecule has 0 aliphatic carbocycles. The summed E-state index contributed by atoms with van der Waals surface area (Å²) in [6.45, 7) is 1.53. The first-order chi connectivity index (χ1) is 9.94. The second-order valence-electron chi connectivity index (χ2n) is 4.37. The Morgan fingerprint density at radius 2 is 1.48 bits per heavy atom. The van der Waals surface area contributed by atoms with Crippen molar-refractivity contribution in [2.75, 3.05) is 10.6 Å². The quantitative estimate of drug-likeness (QED) is 0.610. The minimum absolute atomic E-state index is 0.0239. The number of carbonyl (C=O) groups is 1. The van der Waals surface area contributed by atoms with Gasteiger partial charge in [-0.1, -0.05) is 23.2 Å². The maximum Gasteiger partial charge on any atom is 0.175 e. The maximum absolute atomic E-state index is 11.2. The van der Waals surface area contributed by atoms with Gasteiger partial charge < -0.3 is 10.6 Å². The fraction of sp³-hybridized carbons (Fsp3) is 0.0667. The monoisotopic (exact) mass is 338 g/mol. The van der Waals surface area contributed by atoms with Gasteiger partial charge in [0.05, 0.1) is 0 Å². The molecule has 108 valence electrons. The molecular formula is C15H12Cl2N2OS. The summed E-state index contributed by atoms with van der Waals surface area (Å²) in [5, 5.41) is 7.47. The van der Waals surface area contributed by atoms with Crippen molar-refractivity contribution >= 4 is 57.7 Å². The third-order valence-corrected chi connectivity index (χ3v) is 3.31. The molecule has 0 saturated heterocycles. The number of rotatable bonds is 3. The van der Waals surface area contributed by atoms with Gasteiger partial charge in [0.25, 0.3) is 0 Å². The number of carbonyl (C=O) groups excluding carboxylic acids is 1. The number of anilines is 2. The third kappa shape index (κ3) is 4.70. The Hall–Kier alpha value is -1.62. The summed E-state index contributed by atoms with van der Waals surface area (Å²) in [5.41, 5.74) is 2.14. The molecule has 0 fully saturated rings. The number of halogens is 2. The van der Waals surface area contributed by atoms with Crippen molar-refractivity contribution in [3.63, 3.8) is 0 Å². The van der Waals surface area contributed by atoms with Gasteiger partial charge in [0, 0.05) is 27.0 Å². The highest BCUT2D eigenvalue weighted by Gasteiger charge is 2.03. The van der Waals surface area contributed by atoms with E-state index in [9.17, 15) is 4.79 Å². The molecule has 6 heteroatoms. The highest BCUT2D eigenvalue weighted by Crippen LogP contribution is 2.22. The summed E-state index contributed by atoms with van der Waals surface area (Å²) in [4.78, 5) is 11.2. The number of hydrogen-bond donors (Lipinski definition) is 2. The summed E-state index contributed by atoms with van der Waals surface area (Å²) in [6, 6.07) is 12.1. The highest BCUT2D eigenvalue weighted by molar-refractivity contribution is 7.80. The Morgan fingerprint density at radius 3 is 2.00 bits per heavy atom. The van der Waals surface area contributed by atoms with Crippen LogP contribution in [0, 0.1) is 0 Å². The zero-order valence-corrected chi connectivity index (χ0v) is 13.4. The Kier molecular flexibility index (Phi) is 5.17. The summed E-state index contributed by atoms with van der Waals surface area (Å²) < 4.78 is 0. The molecule has 2 aromatic rings. The van der Waals surface area contributed by atoms with Crippen LogP contribution in [0.25, 0.3) is 0 Å². The third-order valence-electron chi connectivity index (χ3n) is 2.67. The largest absolute Gasteiger partial charge is 0.332 e. The smallest absolute Gasteiger partial charge is 0.175 e. The lowest BCUT2D eigenvalue weighted by Crippen LogP contribution is -2.19. The Balaban J connectivity index is 2.02. The van der Waals surface area contributed by atoms with E-state index < -0.39 is 0 Å². The molecule has 0 radical (unpaired) electrons. The van der Waals surface area contributed by atoms with E-state index in [1.807, 2.05) is 0 Å². The van der Waals surface area contributed by atoms with Crippen molar-refractivity contribution in [3.8, 4) is 0 Å². The molecule has 0 heterocycles. The van der Waals surface area contributed by atoms with Crippen LogP contribution >= 0.6 is 35.4 Å². The Labute approximate surface area is 138 Å². The van der Waals surface area contributed by atoms with E-state index >= 15 is 0 Å². The first-order valence-corrected chi connectivity index (χ1v) is 7.25. The van der Waals surface area contributed by atoms with E-state index in [2.05, 4.69) is 10.6 Å². The molecule has 2 rings (SSSR count). The van der Waals surface area contributed by atoms with E-state index in [4.69, 9.17) is 35.4 Å². The number of Topliss-reactive ketones (excluding diaryl/α,β-unsaturated/α-hetero) is 1. The van der Waals surface area contributed by atoms with Crippen molar-refractivity contribution in [1.29, 1.82) is 0 Å². The average Bonchev–Trinajstić information content (AvgIpc) is 2.37. The van der Waals surface area contributed by atoms with E-state index in [1.165, 1.54) is 6.92 Å². The van der Waals surface area contributed by atoms with Crippen molar-refractivity contribution in [2.45, 2.75) is 6.92 Å². The molecule has 0 unspecified atom stereocenters. The highest BCUT2D eigenvalue weighted by atomic mass is 35.5. The normalized spacial score (nSPS) is 10.0. The van der Waals surface area contributed by atoms with Crippen molar-refractivity contribution in [1.82, 2.24) is 0 Å². The summed E-state index contributed by atoms with van der Waals surface area (Å²) in [7, 11) is 0. The molecule has 0 saturated carbocycles. The lowest BCUT2D eigenvalue weighted by Gasteiger charge is -2.11. The SMILES string of the molecule is CC(=O)c1ccc(NC(=S)Nc2cc(Cl)cc(Cl)c2)cc1. The first-order valence-electron chi connectivity index (χ1n) is 6.09. The van der Waals surface area contributed by atoms with E-state index in [1.54, 1.807) is 42.5 Å². The van der Waals surface area contributed by atoms with Gasteiger partial charge in [-0.3, -0.25) is 4.79 Å². The molecule has 0 bridgehead atoms. The van der Waals surface area contributed by atoms with Gasteiger partial charge in [0.2, 0.25) is 0 Å². The average molecular weight is 339 g/mol. The van der Waals surface area contributed by atoms with Crippen molar-refractivity contribution in [2.24, 2.45) is 0 Å². The van der Waals surface area contributed by atoms with Crippen molar-refractivity contribution < 1.29 is 4.79 Å². The molecule has 0 amide bonds. The number of hydrogen-bond acceptors (Lipinski definition) is 2. The number of thiocarbonyl (C=S) groups is 1. The van der Waals surface area contributed by atoms with E-state index in [0.29, 0.717) is 26.4 Å². The van der Waals surface area contributed by atoms with Crippen LogP contribution in [0.5, 0.6) is 0 Å². The van der Waals surface area contributed by atoms with Gasteiger partial charge in [-0.2, -0.15) is 0 Å². The van der Waals surface area contributed by atoms with Crippen molar-refractivity contribution in [3.05, 3.63) is 58.1 Å². The summed E-state index contributed by atoms with van der Waals surface area (Å²) >= 11 is 17.1. The second-order valence-corrected chi connectivity index (χ2v) is 5.65. The fourth-order valence-electron chi connectivity index (χ4n) is 1.71. The fourth-order valence-corrected chi connectivity index (χ4v) is 2.47. The zero-order chi connectivity index (χ0) is 15.4. The zero-order valence-electron chi connectivity index (χ0n) is 11.1. The molecule has 2 aromatic carbocycles. The maximum atomic E-state index is 11.2. The first kappa shape index (κ1) is 15.8. The lowest BCUT2D eigenvalue weighted by atomic mass is 10.1. The van der Waals surface area contributed by atoms with Gasteiger partial charge in [-0.25, -0.2) is 0 Å². The molecule has 2 N–H and O–H groups in total. The summed E-state index contributed by atoms with van der Waals surface area (Å²) in [5.74, 6) is 0.0239. The molecule has 0 aliphatic heterocycles. The van der Waals surface area contributed by atoms with Gasteiger partial charge in [-0.15, -0.1) is 0 Å². The number of nitrogens with one attached hydrogen (secondary N) is 2. The van der Waals surface area contributed by atoms with Crippen LogP contribution < -0.4 is 10.6 Å². The minimum Gasteiger partial charge on any atom is -0.332 e.